The normalized spacial score (nSPS) is 16.0. The summed E-state index contributed by atoms with van der Waals surface area (Å²) in [6, 6.07) is 1.95. The van der Waals surface area contributed by atoms with E-state index in [1.165, 1.54) is 32.1 Å². The van der Waals surface area contributed by atoms with E-state index in [-0.39, 0.29) is 0 Å². The second kappa shape index (κ2) is 7.18. The van der Waals surface area contributed by atoms with Gasteiger partial charge in [-0.1, -0.05) is 37.1 Å². The lowest BCUT2D eigenvalue weighted by atomic mass is 9.91. The van der Waals surface area contributed by atoms with Crippen LogP contribution in [0.3, 0.4) is 0 Å². The van der Waals surface area contributed by atoms with Crippen molar-refractivity contribution in [2.45, 2.75) is 50.7 Å². The van der Waals surface area contributed by atoms with Crippen molar-refractivity contribution in [3.8, 4) is 11.4 Å². The molecule has 2 aromatic rings. The van der Waals surface area contributed by atoms with Crippen molar-refractivity contribution in [2.75, 3.05) is 5.75 Å². The van der Waals surface area contributed by atoms with Crippen LogP contribution in [-0.4, -0.2) is 20.5 Å². The first-order valence-corrected chi connectivity index (χ1v) is 8.99. The molecular weight excluding hydrogens is 294 g/mol. The average molecular weight is 317 g/mol. The van der Waals surface area contributed by atoms with E-state index < -0.39 is 0 Å². The number of hydrogen-bond acceptors (Lipinski definition) is 4. The standard InChI is InChI=1S/C17H23N3OS/c1-3-10-20-16(15-9-11-21-13(15)2)18-19-17(20)22-12-14-7-5-4-6-8-14/h3,9,11,14H,1,4-8,10,12H2,2H3. The van der Waals surface area contributed by atoms with Gasteiger partial charge in [-0.2, -0.15) is 0 Å². The molecule has 0 unspecified atom stereocenters. The van der Waals surface area contributed by atoms with E-state index in [1.807, 2.05) is 30.8 Å². The molecule has 1 aliphatic carbocycles. The fraction of sp³-hybridized carbons (Fsp3) is 0.529. The van der Waals surface area contributed by atoms with E-state index in [0.29, 0.717) is 0 Å². The predicted octanol–water partition coefficient (Wildman–Crippen LogP) is 4.70. The fourth-order valence-electron chi connectivity index (χ4n) is 3.05. The van der Waals surface area contributed by atoms with Crippen LogP contribution in [0, 0.1) is 12.8 Å². The summed E-state index contributed by atoms with van der Waals surface area (Å²) in [5.41, 5.74) is 1.01. The Labute approximate surface area is 136 Å². The summed E-state index contributed by atoms with van der Waals surface area (Å²) in [6.45, 7) is 6.54. The zero-order valence-electron chi connectivity index (χ0n) is 13.1. The summed E-state index contributed by atoms with van der Waals surface area (Å²) in [4.78, 5) is 0. The first kappa shape index (κ1) is 15.4. The highest BCUT2D eigenvalue weighted by molar-refractivity contribution is 7.99. The number of hydrogen-bond donors (Lipinski definition) is 0. The van der Waals surface area contributed by atoms with Gasteiger partial charge < -0.3 is 4.42 Å². The molecule has 0 aliphatic heterocycles. The van der Waals surface area contributed by atoms with Crippen LogP contribution >= 0.6 is 11.8 Å². The highest BCUT2D eigenvalue weighted by Crippen LogP contribution is 2.31. The summed E-state index contributed by atoms with van der Waals surface area (Å²) in [5.74, 6) is 3.71. The molecule has 2 aromatic heterocycles. The lowest BCUT2D eigenvalue weighted by molar-refractivity contribution is 0.390. The van der Waals surface area contributed by atoms with Gasteiger partial charge >= 0.3 is 0 Å². The highest BCUT2D eigenvalue weighted by Gasteiger charge is 2.19. The predicted molar refractivity (Wildman–Crippen MR) is 90.0 cm³/mol. The lowest BCUT2D eigenvalue weighted by Gasteiger charge is -2.20. The maximum atomic E-state index is 5.40. The third kappa shape index (κ3) is 3.29. The summed E-state index contributed by atoms with van der Waals surface area (Å²) in [5, 5.41) is 9.78. The SMILES string of the molecule is C=CCn1c(SCC2CCCCC2)nnc1-c1ccoc1C. The van der Waals surface area contributed by atoms with Crippen LogP contribution < -0.4 is 0 Å². The summed E-state index contributed by atoms with van der Waals surface area (Å²) in [6.07, 6.45) is 10.5. The quantitative estimate of drug-likeness (QED) is 0.572. The van der Waals surface area contributed by atoms with Crippen molar-refractivity contribution in [2.24, 2.45) is 5.92 Å². The van der Waals surface area contributed by atoms with Gasteiger partial charge in [0.15, 0.2) is 11.0 Å². The van der Waals surface area contributed by atoms with Crippen LogP contribution in [0.1, 0.15) is 37.9 Å². The van der Waals surface area contributed by atoms with E-state index >= 15 is 0 Å². The third-order valence-electron chi connectivity index (χ3n) is 4.30. The van der Waals surface area contributed by atoms with Crippen molar-refractivity contribution in [1.82, 2.24) is 14.8 Å². The van der Waals surface area contributed by atoms with Gasteiger partial charge in [0.2, 0.25) is 0 Å². The zero-order chi connectivity index (χ0) is 15.4. The highest BCUT2D eigenvalue weighted by atomic mass is 32.2. The van der Waals surface area contributed by atoms with Gasteiger partial charge in [-0.25, -0.2) is 0 Å². The zero-order valence-corrected chi connectivity index (χ0v) is 13.9. The van der Waals surface area contributed by atoms with Crippen LogP contribution in [0.4, 0.5) is 0 Å². The second-order valence-corrected chi connectivity index (χ2v) is 6.90. The Hall–Kier alpha value is -1.49. The molecule has 0 amide bonds. The van der Waals surface area contributed by atoms with Crippen molar-refractivity contribution >= 4 is 11.8 Å². The van der Waals surface area contributed by atoms with Gasteiger partial charge in [-0.15, -0.1) is 16.8 Å². The van der Waals surface area contributed by atoms with E-state index in [2.05, 4.69) is 21.3 Å². The molecule has 0 aromatic carbocycles. The molecule has 4 nitrogen and oxygen atoms in total. The van der Waals surface area contributed by atoms with Crippen LogP contribution in [0.25, 0.3) is 11.4 Å². The molecule has 1 fully saturated rings. The number of aromatic nitrogens is 3. The van der Waals surface area contributed by atoms with Crippen LogP contribution in [0.5, 0.6) is 0 Å². The Morgan fingerprint density at radius 3 is 2.86 bits per heavy atom. The largest absolute Gasteiger partial charge is 0.469 e. The van der Waals surface area contributed by atoms with Crippen molar-refractivity contribution < 1.29 is 4.42 Å². The smallest absolute Gasteiger partial charge is 0.191 e. The second-order valence-electron chi connectivity index (χ2n) is 5.91. The molecule has 2 heterocycles. The van der Waals surface area contributed by atoms with Gasteiger partial charge in [-0.3, -0.25) is 4.57 Å². The number of furan rings is 1. The Kier molecular flexibility index (Phi) is 5.03. The van der Waals surface area contributed by atoms with Gasteiger partial charge in [0.05, 0.1) is 11.8 Å². The first-order chi connectivity index (χ1) is 10.8. The van der Waals surface area contributed by atoms with E-state index in [1.54, 1.807) is 6.26 Å². The number of allylic oxidation sites excluding steroid dienone is 1. The molecule has 0 atom stereocenters. The molecule has 22 heavy (non-hydrogen) atoms. The third-order valence-corrected chi connectivity index (χ3v) is 5.50. The van der Waals surface area contributed by atoms with Crippen molar-refractivity contribution in [1.29, 1.82) is 0 Å². The number of thioether (sulfide) groups is 1. The maximum Gasteiger partial charge on any atom is 0.191 e. The van der Waals surface area contributed by atoms with Crippen LogP contribution in [0.2, 0.25) is 0 Å². The fourth-order valence-corrected chi connectivity index (χ4v) is 4.19. The molecule has 0 saturated heterocycles. The molecule has 1 saturated carbocycles. The van der Waals surface area contributed by atoms with Crippen LogP contribution in [-0.2, 0) is 6.54 Å². The minimum atomic E-state index is 0.722. The molecule has 118 valence electrons. The topological polar surface area (TPSA) is 43.9 Å². The van der Waals surface area contributed by atoms with Crippen molar-refractivity contribution in [3.63, 3.8) is 0 Å². The molecule has 0 N–H and O–H groups in total. The molecular formula is C17H23N3OS. The van der Waals surface area contributed by atoms with Gasteiger partial charge in [0.1, 0.15) is 5.76 Å². The monoisotopic (exact) mass is 317 g/mol. The average Bonchev–Trinajstić information content (AvgIpc) is 3.13. The Morgan fingerprint density at radius 2 is 2.18 bits per heavy atom. The molecule has 3 rings (SSSR count). The lowest BCUT2D eigenvalue weighted by Crippen LogP contribution is -2.09. The number of aryl methyl sites for hydroxylation is 1. The molecule has 0 spiro atoms. The minimum absolute atomic E-state index is 0.722. The Morgan fingerprint density at radius 1 is 1.36 bits per heavy atom. The van der Waals surface area contributed by atoms with E-state index in [9.17, 15) is 0 Å². The summed E-state index contributed by atoms with van der Waals surface area (Å²) >= 11 is 1.83. The van der Waals surface area contributed by atoms with Gasteiger partial charge in [-0.05, 0) is 31.7 Å². The van der Waals surface area contributed by atoms with E-state index in [0.717, 1.165) is 40.5 Å². The summed E-state index contributed by atoms with van der Waals surface area (Å²) in [7, 11) is 0. The number of nitrogens with zero attached hydrogens (tertiary/aromatic N) is 3. The molecule has 5 heteroatoms. The van der Waals surface area contributed by atoms with Crippen molar-refractivity contribution in [3.05, 3.63) is 30.7 Å². The van der Waals surface area contributed by atoms with E-state index in [4.69, 9.17) is 4.42 Å². The maximum absolute atomic E-state index is 5.40. The minimum Gasteiger partial charge on any atom is -0.469 e. The Bertz CT molecular complexity index is 626. The Balaban J connectivity index is 1.77. The number of rotatable bonds is 6. The van der Waals surface area contributed by atoms with Crippen LogP contribution in [0.15, 0.2) is 34.6 Å². The van der Waals surface area contributed by atoms with Gasteiger partial charge in [0, 0.05) is 12.3 Å². The summed E-state index contributed by atoms with van der Waals surface area (Å²) < 4.78 is 7.54. The molecule has 0 bridgehead atoms. The molecule has 0 radical (unpaired) electrons. The van der Waals surface area contributed by atoms with Gasteiger partial charge in [0.25, 0.3) is 0 Å². The first-order valence-electron chi connectivity index (χ1n) is 8.01. The molecule has 1 aliphatic rings.